The maximum atomic E-state index is 13.1. The zero-order valence-corrected chi connectivity index (χ0v) is 13.7. The van der Waals surface area contributed by atoms with Crippen LogP contribution < -0.4 is 5.32 Å². The van der Waals surface area contributed by atoms with Crippen LogP contribution in [0.15, 0.2) is 24.3 Å². The van der Waals surface area contributed by atoms with Crippen LogP contribution in [0.5, 0.6) is 0 Å². The summed E-state index contributed by atoms with van der Waals surface area (Å²) < 4.78 is 1.74. The number of amides is 3. The Kier molecular flexibility index (Phi) is 2.98. The summed E-state index contributed by atoms with van der Waals surface area (Å²) in [6.07, 6.45) is 4.03. The molecule has 5 rings (SSSR count). The Morgan fingerprint density at radius 1 is 1.20 bits per heavy atom. The van der Waals surface area contributed by atoms with Crippen LogP contribution in [0.25, 0.3) is 0 Å². The molecule has 1 unspecified atom stereocenters. The van der Waals surface area contributed by atoms with Crippen LogP contribution in [-0.4, -0.2) is 42.6 Å². The lowest BCUT2D eigenvalue weighted by Gasteiger charge is -2.32. The van der Waals surface area contributed by atoms with Crippen molar-refractivity contribution in [2.75, 3.05) is 0 Å². The molecular formula is C17H18N6O2. The molecule has 25 heavy (non-hydrogen) atoms. The van der Waals surface area contributed by atoms with Gasteiger partial charge in [-0.2, -0.15) is 0 Å². The smallest absolute Gasteiger partial charge is 0.323 e. The summed E-state index contributed by atoms with van der Waals surface area (Å²) in [4.78, 5) is 26.9. The fourth-order valence-electron chi connectivity index (χ4n) is 3.90. The van der Waals surface area contributed by atoms with Gasteiger partial charge in [0, 0.05) is 6.42 Å². The Bertz CT molecular complexity index is 874. The number of nitrogens with one attached hydrogen (secondary N) is 1. The third-order valence-corrected chi connectivity index (χ3v) is 5.43. The van der Waals surface area contributed by atoms with Crippen molar-refractivity contribution in [1.82, 2.24) is 30.4 Å². The molecule has 1 saturated carbocycles. The van der Waals surface area contributed by atoms with E-state index in [-0.39, 0.29) is 18.5 Å². The van der Waals surface area contributed by atoms with Gasteiger partial charge in [0.2, 0.25) is 0 Å². The van der Waals surface area contributed by atoms with Crippen LogP contribution in [0.1, 0.15) is 42.3 Å². The summed E-state index contributed by atoms with van der Waals surface area (Å²) >= 11 is 0. The van der Waals surface area contributed by atoms with E-state index in [9.17, 15) is 9.59 Å². The first-order chi connectivity index (χ1) is 12.2. The molecule has 1 spiro atoms. The van der Waals surface area contributed by atoms with Crippen molar-refractivity contribution in [3.63, 3.8) is 0 Å². The topological polar surface area (TPSA) is 93.0 Å². The number of imide groups is 1. The molecule has 1 aromatic heterocycles. The molecule has 2 aliphatic carbocycles. The standard InChI is InChI=1S/C17H18N6O2/c24-15-17(8-7-11-3-1-2-4-12(11)9-17)18-16(25)22(15)10-14-19-20-21-23(14)13-5-6-13/h1-4,13H,5-10H2,(H,18,25). The minimum atomic E-state index is -0.830. The lowest BCUT2D eigenvalue weighted by atomic mass is 9.78. The summed E-state index contributed by atoms with van der Waals surface area (Å²) in [6.45, 7) is 0.123. The highest BCUT2D eigenvalue weighted by Gasteiger charge is 2.52. The third-order valence-electron chi connectivity index (χ3n) is 5.43. The summed E-state index contributed by atoms with van der Waals surface area (Å²) in [6, 6.07) is 8.06. The van der Waals surface area contributed by atoms with Crippen molar-refractivity contribution >= 4 is 11.9 Å². The van der Waals surface area contributed by atoms with Gasteiger partial charge in [0.15, 0.2) is 5.82 Å². The molecule has 1 aliphatic heterocycles. The van der Waals surface area contributed by atoms with E-state index in [4.69, 9.17) is 0 Å². The lowest BCUT2D eigenvalue weighted by molar-refractivity contribution is -0.132. The van der Waals surface area contributed by atoms with Crippen molar-refractivity contribution < 1.29 is 9.59 Å². The van der Waals surface area contributed by atoms with E-state index in [1.54, 1.807) is 4.68 Å². The molecule has 2 fully saturated rings. The molecule has 1 aromatic carbocycles. The van der Waals surface area contributed by atoms with E-state index in [0.29, 0.717) is 24.7 Å². The van der Waals surface area contributed by atoms with Crippen LogP contribution in [0, 0.1) is 0 Å². The SMILES string of the molecule is O=C1NC2(CCc3ccccc3C2)C(=O)N1Cc1nnnn1C1CC1. The van der Waals surface area contributed by atoms with Gasteiger partial charge in [0.1, 0.15) is 5.54 Å². The number of fused-ring (bicyclic) bond motifs is 1. The highest BCUT2D eigenvalue weighted by atomic mass is 16.2. The summed E-state index contributed by atoms with van der Waals surface area (Å²) in [5, 5.41) is 14.6. The molecule has 8 heteroatoms. The Balaban J connectivity index is 1.41. The van der Waals surface area contributed by atoms with Gasteiger partial charge in [-0.05, 0) is 47.2 Å². The molecule has 2 aromatic rings. The van der Waals surface area contributed by atoms with Gasteiger partial charge >= 0.3 is 6.03 Å². The number of aryl methyl sites for hydroxylation is 1. The van der Waals surface area contributed by atoms with Crippen molar-refractivity contribution in [2.45, 2.75) is 50.2 Å². The average molecular weight is 338 g/mol. The van der Waals surface area contributed by atoms with E-state index >= 15 is 0 Å². The van der Waals surface area contributed by atoms with E-state index in [2.05, 4.69) is 26.9 Å². The average Bonchev–Trinajstić information content (AvgIpc) is 3.32. The van der Waals surface area contributed by atoms with E-state index in [1.165, 1.54) is 10.5 Å². The van der Waals surface area contributed by atoms with Crippen molar-refractivity contribution in [1.29, 1.82) is 0 Å². The first kappa shape index (κ1) is 14.6. The molecule has 3 aliphatic rings. The zero-order chi connectivity index (χ0) is 17.0. The number of rotatable bonds is 3. The highest BCUT2D eigenvalue weighted by Crippen LogP contribution is 2.36. The van der Waals surface area contributed by atoms with Gasteiger partial charge in [0.05, 0.1) is 12.6 Å². The van der Waals surface area contributed by atoms with Gasteiger partial charge in [-0.25, -0.2) is 9.48 Å². The normalized spacial score (nSPS) is 25.4. The molecule has 1 atom stereocenters. The Morgan fingerprint density at radius 3 is 2.80 bits per heavy atom. The fraction of sp³-hybridized carbons (Fsp3) is 0.471. The van der Waals surface area contributed by atoms with Crippen LogP contribution in [0.2, 0.25) is 0 Å². The van der Waals surface area contributed by atoms with Crippen molar-refractivity contribution in [3.8, 4) is 0 Å². The number of carbonyl (C=O) groups excluding carboxylic acids is 2. The van der Waals surface area contributed by atoms with Crippen LogP contribution >= 0.6 is 0 Å². The van der Waals surface area contributed by atoms with Crippen molar-refractivity contribution in [3.05, 3.63) is 41.2 Å². The number of nitrogens with zero attached hydrogens (tertiary/aromatic N) is 5. The molecule has 128 valence electrons. The molecule has 1 N–H and O–H groups in total. The Morgan fingerprint density at radius 2 is 2.00 bits per heavy atom. The minimum Gasteiger partial charge on any atom is -0.323 e. The van der Waals surface area contributed by atoms with Gasteiger partial charge < -0.3 is 5.32 Å². The van der Waals surface area contributed by atoms with Crippen LogP contribution in [-0.2, 0) is 24.2 Å². The summed E-state index contributed by atoms with van der Waals surface area (Å²) in [5.41, 5.74) is 1.56. The molecular weight excluding hydrogens is 320 g/mol. The van der Waals surface area contributed by atoms with Gasteiger partial charge in [-0.15, -0.1) is 5.10 Å². The quantitative estimate of drug-likeness (QED) is 0.843. The van der Waals surface area contributed by atoms with Gasteiger partial charge in [-0.1, -0.05) is 24.3 Å². The van der Waals surface area contributed by atoms with Crippen molar-refractivity contribution in [2.24, 2.45) is 0 Å². The number of hydrogen-bond acceptors (Lipinski definition) is 5. The second kappa shape index (κ2) is 5.11. The lowest BCUT2D eigenvalue weighted by Crippen LogP contribution is -2.51. The molecule has 0 radical (unpaired) electrons. The first-order valence-corrected chi connectivity index (χ1v) is 8.64. The third kappa shape index (κ3) is 2.24. The molecule has 3 amide bonds. The van der Waals surface area contributed by atoms with E-state index in [0.717, 1.165) is 24.8 Å². The zero-order valence-electron chi connectivity index (χ0n) is 13.7. The van der Waals surface area contributed by atoms with Gasteiger partial charge in [0.25, 0.3) is 5.91 Å². The molecule has 0 bridgehead atoms. The predicted octanol–water partition coefficient (Wildman–Crippen LogP) is 0.987. The minimum absolute atomic E-state index is 0.123. The van der Waals surface area contributed by atoms with E-state index < -0.39 is 5.54 Å². The largest absolute Gasteiger partial charge is 0.325 e. The van der Waals surface area contributed by atoms with Crippen LogP contribution in [0.3, 0.4) is 0 Å². The summed E-state index contributed by atoms with van der Waals surface area (Å²) in [7, 11) is 0. The van der Waals surface area contributed by atoms with Gasteiger partial charge in [-0.3, -0.25) is 9.69 Å². The second-order valence-electron chi connectivity index (χ2n) is 7.12. The number of aromatic nitrogens is 4. The molecule has 1 saturated heterocycles. The number of carbonyl (C=O) groups is 2. The molecule has 2 heterocycles. The first-order valence-electron chi connectivity index (χ1n) is 8.64. The Labute approximate surface area is 144 Å². The maximum absolute atomic E-state index is 13.1. The number of benzene rings is 1. The number of tetrazole rings is 1. The van der Waals surface area contributed by atoms with E-state index in [1.807, 2.05) is 18.2 Å². The molecule has 8 nitrogen and oxygen atoms in total. The highest BCUT2D eigenvalue weighted by molar-refractivity contribution is 6.07. The number of urea groups is 1. The fourth-order valence-corrected chi connectivity index (χ4v) is 3.90. The number of hydrogen-bond donors (Lipinski definition) is 1. The monoisotopic (exact) mass is 338 g/mol. The maximum Gasteiger partial charge on any atom is 0.325 e. The summed E-state index contributed by atoms with van der Waals surface area (Å²) in [5.74, 6) is 0.400. The predicted molar refractivity (Wildman–Crippen MR) is 86.4 cm³/mol. The van der Waals surface area contributed by atoms with Crippen LogP contribution in [0.4, 0.5) is 4.79 Å². The Hall–Kier alpha value is -2.77. The second-order valence-corrected chi connectivity index (χ2v) is 7.12.